The van der Waals surface area contributed by atoms with Crippen LogP contribution in [0.2, 0.25) is 0 Å². The molecule has 1 fully saturated rings. The van der Waals surface area contributed by atoms with Crippen molar-refractivity contribution in [3.8, 4) is 0 Å². The summed E-state index contributed by atoms with van der Waals surface area (Å²) in [6.45, 7) is 8.38. The van der Waals surface area contributed by atoms with Crippen molar-refractivity contribution >= 4 is 27.3 Å². The Kier molecular flexibility index (Phi) is 4.09. The van der Waals surface area contributed by atoms with E-state index in [2.05, 4.69) is 46.1 Å². The average Bonchev–Trinajstić information content (AvgIpc) is 2.87. The van der Waals surface area contributed by atoms with Crippen LogP contribution in [0.25, 0.3) is 0 Å². The number of thiophene rings is 1. The summed E-state index contributed by atoms with van der Waals surface area (Å²) in [6.07, 6.45) is 4.04. The van der Waals surface area contributed by atoms with E-state index in [1.165, 1.54) is 41.7 Å². The molecule has 0 spiro atoms. The molecule has 0 saturated carbocycles. The summed E-state index contributed by atoms with van der Waals surface area (Å²) in [5, 5.41) is 2.18. The van der Waals surface area contributed by atoms with E-state index in [-0.39, 0.29) is 0 Å². The van der Waals surface area contributed by atoms with E-state index >= 15 is 0 Å². The number of likely N-dealkylation sites (tertiary alicyclic amines) is 1. The van der Waals surface area contributed by atoms with E-state index in [0.717, 1.165) is 6.54 Å². The number of hydrogen-bond acceptors (Lipinski definition) is 2. The van der Waals surface area contributed by atoms with Crippen molar-refractivity contribution in [3.63, 3.8) is 0 Å². The van der Waals surface area contributed by atoms with Gasteiger partial charge in [0.25, 0.3) is 0 Å². The Morgan fingerprint density at radius 3 is 2.69 bits per heavy atom. The molecule has 1 aromatic heterocycles. The Balaban J connectivity index is 1.94. The molecule has 1 aliphatic heterocycles. The summed E-state index contributed by atoms with van der Waals surface area (Å²) >= 11 is 5.39. The van der Waals surface area contributed by atoms with Crippen LogP contribution in [0.5, 0.6) is 0 Å². The van der Waals surface area contributed by atoms with Crippen molar-refractivity contribution < 1.29 is 0 Å². The molecule has 0 unspecified atom stereocenters. The molecule has 0 aliphatic carbocycles. The van der Waals surface area contributed by atoms with Gasteiger partial charge in [-0.2, -0.15) is 0 Å². The van der Waals surface area contributed by atoms with Gasteiger partial charge in [-0.25, -0.2) is 0 Å². The van der Waals surface area contributed by atoms with E-state index < -0.39 is 0 Å². The van der Waals surface area contributed by atoms with Gasteiger partial charge in [0, 0.05) is 27.8 Å². The lowest BCUT2D eigenvalue weighted by Crippen LogP contribution is -2.25. The lowest BCUT2D eigenvalue weighted by atomic mass is 9.82. The molecular formula is C13H20BrNS. The normalized spacial score (nSPS) is 20.4. The predicted molar refractivity (Wildman–Crippen MR) is 74.9 cm³/mol. The molecule has 0 radical (unpaired) electrons. The molecule has 2 rings (SSSR count). The lowest BCUT2D eigenvalue weighted by Gasteiger charge is -2.26. The third kappa shape index (κ3) is 2.69. The molecule has 16 heavy (non-hydrogen) atoms. The monoisotopic (exact) mass is 301 g/mol. The minimum absolute atomic E-state index is 0.606. The van der Waals surface area contributed by atoms with Crippen LogP contribution in [0.3, 0.4) is 0 Å². The molecule has 1 nitrogen and oxygen atoms in total. The standard InChI is InChI=1S/C13H20BrNS/c1-3-13(4-2)5-6-15(10-13)8-12-7-11(14)9-16-12/h7,9H,3-6,8,10H2,1-2H3. The van der Waals surface area contributed by atoms with E-state index in [9.17, 15) is 0 Å². The number of halogens is 1. The maximum atomic E-state index is 3.52. The molecule has 3 heteroatoms. The van der Waals surface area contributed by atoms with Gasteiger partial charge in [-0.15, -0.1) is 11.3 Å². The van der Waals surface area contributed by atoms with Gasteiger partial charge < -0.3 is 0 Å². The van der Waals surface area contributed by atoms with Crippen LogP contribution in [0.4, 0.5) is 0 Å². The molecule has 2 heterocycles. The largest absolute Gasteiger partial charge is 0.298 e. The van der Waals surface area contributed by atoms with Crippen molar-refractivity contribution in [2.45, 2.75) is 39.7 Å². The van der Waals surface area contributed by atoms with Crippen LogP contribution < -0.4 is 0 Å². The fourth-order valence-electron chi connectivity index (χ4n) is 2.65. The van der Waals surface area contributed by atoms with Crippen LogP contribution in [0, 0.1) is 5.41 Å². The third-order valence-electron chi connectivity index (χ3n) is 4.02. The predicted octanol–water partition coefficient (Wildman–Crippen LogP) is 4.52. The summed E-state index contributed by atoms with van der Waals surface area (Å²) in [7, 11) is 0. The quantitative estimate of drug-likeness (QED) is 0.790. The number of hydrogen-bond donors (Lipinski definition) is 0. The first kappa shape index (κ1) is 12.6. The van der Waals surface area contributed by atoms with Gasteiger partial charge in [0.2, 0.25) is 0 Å². The first-order chi connectivity index (χ1) is 7.67. The number of rotatable bonds is 4. The second-order valence-electron chi connectivity index (χ2n) is 4.90. The third-order valence-corrected chi connectivity index (χ3v) is 5.70. The smallest absolute Gasteiger partial charge is 0.0328 e. The fourth-order valence-corrected chi connectivity index (χ4v) is 4.14. The summed E-state index contributed by atoms with van der Waals surface area (Å²) in [4.78, 5) is 4.10. The summed E-state index contributed by atoms with van der Waals surface area (Å²) in [5.41, 5.74) is 0.606. The highest BCUT2D eigenvalue weighted by atomic mass is 79.9. The van der Waals surface area contributed by atoms with Crippen LogP contribution >= 0.6 is 27.3 Å². The highest BCUT2D eigenvalue weighted by Crippen LogP contribution is 2.37. The van der Waals surface area contributed by atoms with E-state index in [4.69, 9.17) is 0 Å². The first-order valence-electron chi connectivity index (χ1n) is 6.13. The Bertz CT molecular complexity index is 343. The van der Waals surface area contributed by atoms with Crippen molar-refractivity contribution in [1.82, 2.24) is 4.90 Å². The second kappa shape index (κ2) is 5.19. The molecule has 90 valence electrons. The van der Waals surface area contributed by atoms with Crippen molar-refractivity contribution in [2.75, 3.05) is 13.1 Å². The van der Waals surface area contributed by atoms with Crippen molar-refractivity contribution in [1.29, 1.82) is 0 Å². The summed E-state index contributed by atoms with van der Waals surface area (Å²) < 4.78 is 1.23. The fraction of sp³-hybridized carbons (Fsp3) is 0.692. The van der Waals surface area contributed by atoms with Gasteiger partial charge in [0.05, 0.1) is 0 Å². The molecule has 0 aromatic carbocycles. The van der Waals surface area contributed by atoms with Crippen LogP contribution in [-0.2, 0) is 6.54 Å². The minimum atomic E-state index is 0.606. The summed E-state index contributed by atoms with van der Waals surface area (Å²) in [5.74, 6) is 0. The van der Waals surface area contributed by atoms with Gasteiger partial charge in [0.15, 0.2) is 0 Å². The minimum Gasteiger partial charge on any atom is -0.298 e. The SMILES string of the molecule is CCC1(CC)CCN(Cc2cc(Br)cs2)C1. The zero-order valence-electron chi connectivity index (χ0n) is 10.1. The second-order valence-corrected chi connectivity index (χ2v) is 6.81. The topological polar surface area (TPSA) is 3.24 Å². The highest BCUT2D eigenvalue weighted by Gasteiger charge is 2.34. The Labute approximate surface area is 111 Å². The lowest BCUT2D eigenvalue weighted by molar-refractivity contribution is 0.237. The summed E-state index contributed by atoms with van der Waals surface area (Å²) in [6, 6.07) is 2.25. The maximum Gasteiger partial charge on any atom is 0.0328 e. The number of nitrogens with zero attached hydrogens (tertiary/aromatic N) is 1. The molecule has 0 N–H and O–H groups in total. The van der Waals surface area contributed by atoms with Gasteiger partial charge in [-0.05, 0) is 53.2 Å². The molecule has 0 atom stereocenters. The highest BCUT2D eigenvalue weighted by molar-refractivity contribution is 9.10. The molecule has 1 aromatic rings. The van der Waals surface area contributed by atoms with E-state index in [0.29, 0.717) is 5.41 Å². The first-order valence-corrected chi connectivity index (χ1v) is 7.80. The van der Waals surface area contributed by atoms with E-state index in [1.807, 2.05) is 11.3 Å². The van der Waals surface area contributed by atoms with Crippen LogP contribution in [0.15, 0.2) is 15.9 Å². The van der Waals surface area contributed by atoms with Crippen molar-refractivity contribution in [3.05, 3.63) is 20.8 Å². The van der Waals surface area contributed by atoms with Crippen LogP contribution in [-0.4, -0.2) is 18.0 Å². The van der Waals surface area contributed by atoms with Crippen molar-refractivity contribution in [2.24, 2.45) is 5.41 Å². The van der Waals surface area contributed by atoms with Gasteiger partial charge in [0.1, 0.15) is 0 Å². The Morgan fingerprint density at radius 2 is 2.19 bits per heavy atom. The molecule has 1 saturated heterocycles. The Hall–Kier alpha value is 0.140. The Morgan fingerprint density at radius 1 is 1.44 bits per heavy atom. The van der Waals surface area contributed by atoms with E-state index in [1.54, 1.807) is 0 Å². The zero-order chi connectivity index (χ0) is 11.6. The van der Waals surface area contributed by atoms with Crippen LogP contribution in [0.1, 0.15) is 38.0 Å². The maximum absolute atomic E-state index is 3.52. The average molecular weight is 302 g/mol. The van der Waals surface area contributed by atoms with Gasteiger partial charge >= 0.3 is 0 Å². The molecule has 1 aliphatic rings. The molecule has 0 amide bonds. The molecular weight excluding hydrogens is 282 g/mol. The molecule has 0 bridgehead atoms. The van der Waals surface area contributed by atoms with Gasteiger partial charge in [-0.3, -0.25) is 4.90 Å². The van der Waals surface area contributed by atoms with Gasteiger partial charge in [-0.1, -0.05) is 13.8 Å². The zero-order valence-corrected chi connectivity index (χ0v) is 12.5.